The molecule has 1 aliphatic rings. The lowest BCUT2D eigenvalue weighted by atomic mass is 9.88. The molecule has 178 valence electrons. The van der Waals surface area contributed by atoms with Gasteiger partial charge in [-0.25, -0.2) is 19.2 Å². The molecule has 12 nitrogen and oxygen atoms in total. The first-order valence-corrected chi connectivity index (χ1v) is 9.57. The van der Waals surface area contributed by atoms with E-state index in [2.05, 4.69) is 29.2 Å². The molecule has 6 N–H and O–H groups in total. The van der Waals surface area contributed by atoms with Crippen LogP contribution < -0.4 is 5.73 Å². The molecule has 12 heteroatoms. The van der Waals surface area contributed by atoms with Gasteiger partial charge in [0.05, 0.1) is 6.61 Å². The number of carboxylic acids is 4. The van der Waals surface area contributed by atoms with Gasteiger partial charge in [-0.15, -0.1) is 0 Å². The molecular weight excluding hydrogens is 428 g/mol. The van der Waals surface area contributed by atoms with Crippen molar-refractivity contribution < 1.29 is 49.1 Å². The van der Waals surface area contributed by atoms with Crippen LogP contribution in [0.1, 0.15) is 31.7 Å². The lowest BCUT2D eigenvalue weighted by Crippen LogP contribution is -2.56. The Bertz CT molecular complexity index is 726. The first kappa shape index (κ1) is 28.5. The Hall–Kier alpha value is -3.51. The van der Waals surface area contributed by atoms with Crippen LogP contribution in [0.25, 0.3) is 0 Å². The normalized spacial score (nSPS) is 14.4. The number of nitrogens with two attached hydrogens (primary N) is 1. The van der Waals surface area contributed by atoms with Crippen molar-refractivity contribution in [3.05, 3.63) is 35.9 Å². The third kappa shape index (κ3) is 11.6. The fourth-order valence-corrected chi connectivity index (χ4v) is 2.49. The van der Waals surface area contributed by atoms with Crippen LogP contribution in [0.2, 0.25) is 0 Å². The minimum atomic E-state index is -1.82. The number of ether oxygens (including phenoxy) is 1. The lowest BCUT2D eigenvalue weighted by molar-refractivity contribution is -0.159. The van der Waals surface area contributed by atoms with Gasteiger partial charge in [-0.2, -0.15) is 0 Å². The number of carbonyl (C=O) groups excluding carboxylic acids is 1. The standard InChI is InChI=1S/C16H24N2O2.2C2H2O4/c1-2-12-20-15(19)16(17)8-10-18(11-9-16)13-14-6-4-3-5-7-14;2*3-1(4)2(5)6/h3-7H,2,8-13,17H2,1H3;2*(H,3,4)(H,5,6). The molecule has 0 saturated carbocycles. The number of likely N-dealkylation sites (tertiary alicyclic amines) is 1. The van der Waals surface area contributed by atoms with Crippen LogP contribution in [0.4, 0.5) is 0 Å². The van der Waals surface area contributed by atoms with Gasteiger partial charge in [0.2, 0.25) is 0 Å². The molecule has 0 amide bonds. The first-order chi connectivity index (χ1) is 14.9. The molecule has 1 aromatic rings. The van der Waals surface area contributed by atoms with E-state index in [1.54, 1.807) is 0 Å². The average Bonchev–Trinajstić information content (AvgIpc) is 2.75. The number of nitrogens with zero attached hydrogens (tertiary/aromatic N) is 1. The molecule has 0 bridgehead atoms. The minimum Gasteiger partial charge on any atom is -0.473 e. The highest BCUT2D eigenvalue weighted by atomic mass is 16.5. The predicted octanol–water partition coefficient (Wildman–Crippen LogP) is 0.244. The van der Waals surface area contributed by atoms with Crippen LogP contribution in [0.15, 0.2) is 30.3 Å². The quantitative estimate of drug-likeness (QED) is 0.298. The molecule has 1 heterocycles. The highest BCUT2D eigenvalue weighted by Gasteiger charge is 2.38. The van der Waals surface area contributed by atoms with E-state index in [1.165, 1.54) is 5.56 Å². The van der Waals surface area contributed by atoms with Crippen molar-refractivity contribution in [3.8, 4) is 0 Å². The monoisotopic (exact) mass is 456 g/mol. The maximum Gasteiger partial charge on any atom is 0.414 e. The van der Waals surface area contributed by atoms with Gasteiger partial charge in [0, 0.05) is 19.6 Å². The summed E-state index contributed by atoms with van der Waals surface area (Å²) in [6, 6.07) is 10.4. The maximum absolute atomic E-state index is 12.0. The van der Waals surface area contributed by atoms with Crippen LogP contribution in [-0.2, 0) is 35.3 Å². The Balaban J connectivity index is 0.000000662. The molecular formula is C20H28N2O10. The molecule has 1 fully saturated rings. The van der Waals surface area contributed by atoms with Crippen molar-refractivity contribution in [3.63, 3.8) is 0 Å². The van der Waals surface area contributed by atoms with E-state index in [0.717, 1.165) is 26.1 Å². The summed E-state index contributed by atoms with van der Waals surface area (Å²) in [5.41, 5.74) is 6.71. The van der Waals surface area contributed by atoms with E-state index < -0.39 is 29.4 Å². The second-order valence-corrected chi connectivity index (χ2v) is 6.77. The lowest BCUT2D eigenvalue weighted by Gasteiger charge is -2.37. The Labute approximate surface area is 184 Å². The number of piperidine rings is 1. The van der Waals surface area contributed by atoms with Crippen molar-refractivity contribution in [2.24, 2.45) is 5.73 Å². The molecule has 1 saturated heterocycles. The van der Waals surface area contributed by atoms with Crippen molar-refractivity contribution in [2.45, 2.75) is 38.3 Å². The number of rotatable bonds is 5. The van der Waals surface area contributed by atoms with Gasteiger partial charge in [0.1, 0.15) is 5.54 Å². The second-order valence-electron chi connectivity index (χ2n) is 6.77. The third-order valence-corrected chi connectivity index (χ3v) is 4.21. The van der Waals surface area contributed by atoms with Gasteiger partial charge < -0.3 is 30.9 Å². The molecule has 32 heavy (non-hydrogen) atoms. The average molecular weight is 456 g/mol. The first-order valence-electron chi connectivity index (χ1n) is 9.57. The van der Waals surface area contributed by atoms with E-state index in [0.29, 0.717) is 19.4 Å². The summed E-state index contributed by atoms with van der Waals surface area (Å²) in [6.45, 7) is 5.05. The van der Waals surface area contributed by atoms with Gasteiger partial charge in [0.25, 0.3) is 0 Å². The molecule has 0 aromatic heterocycles. The summed E-state index contributed by atoms with van der Waals surface area (Å²) in [4.78, 5) is 50.7. The van der Waals surface area contributed by atoms with Gasteiger partial charge >= 0.3 is 29.8 Å². The SMILES string of the molecule is CCCOC(=O)C1(N)CCN(Cc2ccccc2)CC1.O=C(O)C(=O)O.O=C(O)C(=O)O. The smallest absolute Gasteiger partial charge is 0.414 e. The molecule has 0 aliphatic carbocycles. The maximum atomic E-state index is 12.0. The summed E-state index contributed by atoms with van der Waals surface area (Å²) in [5, 5.41) is 29.6. The number of hydrogen-bond donors (Lipinski definition) is 5. The van der Waals surface area contributed by atoms with Crippen molar-refractivity contribution >= 4 is 29.8 Å². The summed E-state index contributed by atoms with van der Waals surface area (Å²) in [7, 11) is 0. The third-order valence-electron chi connectivity index (χ3n) is 4.21. The summed E-state index contributed by atoms with van der Waals surface area (Å²) in [5.74, 6) is -7.53. The van der Waals surface area contributed by atoms with E-state index in [1.807, 2.05) is 13.0 Å². The van der Waals surface area contributed by atoms with Crippen molar-refractivity contribution in [1.82, 2.24) is 4.90 Å². The molecule has 2 rings (SSSR count). The van der Waals surface area contributed by atoms with E-state index in [4.69, 9.17) is 50.1 Å². The van der Waals surface area contributed by atoms with Gasteiger partial charge in [0.15, 0.2) is 0 Å². The number of aliphatic carboxylic acids is 4. The zero-order valence-corrected chi connectivity index (χ0v) is 17.6. The Kier molecular flexibility index (Phi) is 12.9. The molecule has 0 unspecified atom stereocenters. The van der Waals surface area contributed by atoms with Crippen LogP contribution >= 0.6 is 0 Å². The van der Waals surface area contributed by atoms with E-state index in [-0.39, 0.29) is 5.97 Å². The van der Waals surface area contributed by atoms with Gasteiger partial charge in [-0.3, -0.25) is 9.69 Å². The molecule has 0 radical (unpaired) electrons. The fraction of sp³-hybridized carbons (Fsp3) is 0.450. The van der Waals surface area contributed by atoms with E-state index in [9.17, 15) is 4.79 Å². The Morgan fingerprint density at radius 2 is 1.34 bits per heavy atom. The number of esters is 1. The molecule has 0 atom stereocenters. The highest BCUT2D eigenvalue weighted by molar-refractivity contribution is 6.27. The zero-order valence-electron chi connectivity index (χ0n) is 17.6. The molecule has 0 spiro atoms. The highest BCUT2D eigenvalue weighted by Crippen LogP contribution is 2.22. The predicted molar refractivity (Wildman–Crippen MR) is 110 cm³/mol. The Morgan fingerprint density at radius 3 is 1.72 bits per heavy atom. The number of carboxylic acid groups (broad SMARTS) is 4. The molecule has 1 aromatic carbocycles. The van der Waals surface area contributed by atoms with Gasteiger partial charge in [-0.05, 0) is 24.8 Å². The van der Waals surface area contributed by atoms with Gasteiger partial charge in [-0.1, -0.05) is 37.3 Å². The minimum absolute atomic E-state index is 0.237. The van der Waals surface area contributed by atoms with Crippen molar-refractivity contribution in [2.75, 3.05) is 19.7 Å². The molecule has 1 aliphatic heterocycles. The van der Waals surface area contributed by atoms with Crippen molar-refractivity contribution in [1.29, 1.82) is 0 Å². The fourth-order valence-electron chi connectivity index (χ4n) is 2.49. The topological polar surface area (TPSA) is 205 Å². The number of hydrogen-bond acceptors (Lipinski definition) is 8. The Morgan fingerprint density at radius 1 is 0.906 bits per heavy atom. The van der Waals surface area contributed by atoms with E-state index >= 15 is 0 Å². The summed E-state index contributed by atoms with van der Waals surface area (Å²) in [6.07, 6.45) is 2.17. The van der Waals surface area contributed by atoms with Crippen LogP contribution in [0.3, 0.4) is 0 Å². The zero-order chi connectivity index (χ0) is 24.7. The van der Waals surface area contributed by atoms with Crippen LogP contribution in [0, 0.1) is 0 Å². The summed E-state index contributed by atoms with van der Waals surface area (Å²) < 4.78 is 5.20. The van der Waals surface area contributed by atoms with Crippen LogP contribution in [0.5, 0.6) is 0 Å². The number of carbonyl (C=O) groups is 5. The summed E-state index contributed by atoms with van der Waals surface area (Å²) >= 11 is 0. The second kappa shape index (κ2) is 14.5. The van der Waals surface area contributed by atoms with Crippen LogP contribution in [-0.4, -0.2) is 80.4 Å². The number of benzene rings is 1. The largest absolute Gasteiger partial charge is 0.473 e.